The molecule has 186 valence electrons. The van der Waals surface area contributed by atoms with E-state index >= 15 is 0 Å². The van der Waals surface area contributed by atoms with E-state index in [1.54, 1.807) is 61.1 Å². The Morgan fingerprint density at radius 3 is 2.22 bits per heavy atom. The molecule has 2 aromatic heterocycles. The van der Waals surface area contributed by atoms with Gasteiger partial charge < -0.3 is 19.9 Å². The van der Waals surface area contributed by atoms with Crippen molar-refractivity contribution in [1.29, 1.82) is 0 Å². The summed E-state index contributed by atoms with van der Waals surface area (Å²) < 4.78 is 5.80. The molecule has 0 unspecified atom stereocenters. The average molecular weight is 495 g/mol. The van der Waals surface area contributed by atoms with Crippen LogP contribution in [0.15, 0.2) is 91.4 Å². The zero-order chi connectivity index (χ0) is 25.5. The first-order chi connectivity index (χ1) is 18.2. The molecule has 1 fully saturated rings. The molecule has 1 aliphatic heterocycles. The second kappa shape index (κ2) is 11.3. The molecule has 0 atom stereocenters. The van der Waals surface area contributed by atoms with Gasteiger partial charge in [-0.05, 0) is 48.0 Å². The summed E-state index contributed by atoms with van der Waals surface area (Å²) in [4.78, 5) is 42.5. The van der Waals surface area contributed by atoms with Crippen LogP contribution in [0.5, 0.6) is 11.6 Å². The molecule has 1 saturated heterocycles. The standard InChI is InChI=1S/C28H26N6O3/c35-25(33-16-18-34(19-17-33)28-30-14-5-15-31-28)20-21-9-11-22(12-10-21)32-26(36)24-8-4-13-29-27(24)37-23-6-2-1-3-7-23/h1-15H,16-20H2,(H,32,36). The summed E-state index contributed by atoms with van der Waals surface area (Å²) in [6, 6.07) is 21.6. The normalized spacial score (nSPS) is 13.2. The lowest BCUT2D eigenvalue weighted by Crippen LogP contribution is -2.49. The minimum absolute atomic E-state index is 0.0727. The molecule has 9 heteroatoms. The fraction of sp³-hybridized carbons (Fsp3) is 0.179. The van der Waals surface area contributed by atoms with Crippen molar-refractivity contribution in [2.75, 3.05) is 36.4 Å². The van der Waals surface area contributed by atoms with E-state index in [1.807, 2.05) is 35.2 Å². The number of piperazine rings is 1. The Morgan fingerprint density at radius 2 is 1.49 bits per heavy atom. The van der Waals surface area contributed by atoms with Crippen LogP contribution in [0, 0.1) is 0 Å². The van der Waals surface area contributed by atoms with Gasteiger partial charge in [0.1, 0.15) is 11.3 Å². The van der Waals surface area contributed by atoms with E-state index < -0.39 is 0 Å². The lowest BCUT2D eigenvalue weighted by atomic mass is 10.1. The molecular formula is C28H26N6O3. The fourth-order valence-electron chi connectivity index (χ4n) is 4.05. The smallest absolute Gasteiger partial charge is 0.261 e. The van der Waals surface area contributed by atoms with Gasteiger partial charge >= 0.3 is 0 Å². The van der Waals surface area contributed by atoms with E-state index in [0.29, 0.717) is 55.5 Å². The SMILES string of the molecule is O=C(Nc1ccc(CC(=O)N2CCN(c3ncccn3)CC2)cc1)c1cccnc1Oc1ccccc1. The Labute approximate surface area is 214 Å². The third kappa shape index (κ3) is 6.07. The molecule has 0 radical (unpaired) electrons. The van der Waals surface area contributed by atoms with E-state index in [-0.39, 0.29) is 17.7 Å². The highest BCUT2D eigenvalue weighted by Crippen LogP contribution is 2.23. The van der Waals surface area contributed by atoms with Crippen LogP contribution in [0.2, 0.25) is 0 Å². The Balaban J connectivity index is 1.15. The summed E-state index contributed by atoms with van der Waals surface area (Å²) >= 11 is 0. The monoisotopic (exact) mass is 494 g/mol. The van der Waals surface area contributed by atoms with E-state index in [4.69, 9.17) is 4.74 Å². The minimum Gasteiger partial charge on any atom is -0.438 e. The van der Waals surface area contributed by atoms with Crippen LogP contribution < -0.4 is 15.0 Å². The average Bonchev–Trinajstić information content (AvgIpc) is 2.95. The Hall–Kier alpha value is -4.79. The highest BCUT2D eigenvalue weighted by molar-refractivity contribution is 6.05. The van der Waals surface area contributed by atoms with Crippen LogP contribution in [0.3, 0.4) is 0 Å². The first-order valence-corrected chi connectivity index (χ1v) is 12.0. The van der Waals surface area contributed by atoms with Crippen molar-refractivity contribution in [2.45, 2.75) is 6.42 Å². The van der Waals surface area contributed by atoms with Gasteiger partial charge in [0.2, 0.25) is 17.7 Å². The number of aromatic nitrogens is 3. The summed E-state index contributed by atoms with van der Waals surface area (Å²) in [6.07, 6.45) is 5.32. The third-order valence-corrected chi connectivity index (χ3v) is 6.01. The van der Waals surface area contributed by atoms with Crippen LogP contribution in [-0.4, -0.2) is 57.8 Å². The summed E-state index contributed by atoms with van der Waals surface area (Å²) in [5.74, 6) is 1.26. The molecule has 1 N–H and O–H groups in total. The van der Waals surface area contributed by atoms with Gasteiger partial charge in [0, 0.05) is 50.5 Å². The number of pyridine rings is 1. The molecule has 5 rings (SSSR count). The molecule has 9 nitrogen and oxygen atoms in total. The molecule has 37 heavy (non-hydrogen) atoms. The second-order valence-corrected chi connectivity index (χ2v) is 8.52. The van der Waals surface area contributed by atoms with E-state index in [9.17, 15) is 9.59 Å². The molecule has 1 aliphatic rings. The molecule has 0 aliphatic carbocycles. The van der Waals surface area contributed by atoms with Crippen molar-refractivity contribution in [3.63, 3.8) is 0 Å². The largest absolute Gasteiger partial charge is 0.438 e. The van der Waals surface area contributed by atoms with Crippen molar-refractivity contribution in [1.82, 2.24) is 19.9 Å². The van der Waals surface area contributed by atoms with Crippen LogP contribution in [-0.2, 0) is 11.2 Å². The van der Waals surface area contributed by atoms with E-state index in [2.05, 4.69) is 25.2 Å². The molecule has 2 aromatic carbocycles. The highest BCUT2D eigenvalue weighted by Gasteiger charge is 2.22. The Bertz CT molecular complexity index is 1340. The van der Waals surface area contributed by atoms with Gasteiger partial charge in [-0.3, -0.25) is 9.59 Å². The molecule has 2 amide bonds. The number of nitrogens with zero attached hydrogens (tertiary/aromatic N) is 5. The first kappa shape index (κ1) is 23.9. The van der Waals surface area contributed by atoms with Crippen molar-refractivity contribution in [2.24, 2.45) is 0 Å². The highest BCUT2D eigenvalue weighted by atomic mass is 16.5. The van der Waals surface area contributed by atoms with Crippen LogP contribution in [0.25, 0.3) is 0 Å². The number of carbonyl (C=O) groups is 2. The van der Waals surface area contributed by atoms with Gasteiger partial charge in [-0.15, -0.1) is 0 Å². The van der Waals surface area contributed by atoms with Crippen LogP contribution in [0.1, 0.15) is 15.9 Å². The molecule has 0 spiro atoms. The third-order valence-electron chi connectivity index (χ3n) is 6.01. The van der Waals surface area contributed by atoms with Gasteiger partial charge in [0.25, 0.3) is 5.91 Å². The number of hydrogen-bond donors (Lipinski definition) is 1. The number of anilines is 2. The molecule has 0 bridgehead atoms. The van der Waals surface area contributed by atoms with Gasteiger partial charge in [-0.25, -0.2) is 15.0 Å². The number of nitrogens with one attached hydrogen (secondary N) is 1. The van der Waals surface area contributed by atoms with Crippen LogP contribution >= 0.6 is 0 Å². The van der Waals surface area contributed by atoms with Crippen molar-refractivity contribution < 1.29 is 14.3 Å². The number of rotatable bonds is 7. The van der Waals surface area contributed by atoms with Gasteiger partial charge in [-0.2, -0.15) is 0 Å². The lowest BCUT2D eigenvalue weighted by molar-refractivity contribution is -0.130. The number of hydrogen-bond acceptors (Lipinski definition) is 7. The van der Waals surface area contributed by atoms with Gasteiger partial charge in [-0.1, -0.05) is 30.3 Å². The van der Waals surface area contributed by atoms with E-state index in [1.165, 1.54) is 0 Å². The zero-order valence-electron chi connectivity index (χ0n) is 20.2. The van der Waals surface area contributed by atoms with Crippen molar-refractivity contribution in [3.05, 3.63) is 103 Å². The minimum atomic E-state index is -0.330. The maximum atomic E-state index is 12.9. The summed E-state index contributed by atoms with van der Waals surface area (Å²) in [7, 11) is 0. The summed E-state index contributed by atoms with van der Waals surface area (Å²) in [5.41, 5.74) is 1.82. The number of ether oxygens (including phenoxy) is 1. The number of benzene rings is 2. The predicted octanol–water partition coefficient (Wildman–Crippen LogP) is 3.81. The van der Waals surface area contributed by atoms with Gasteiger partial charge in [0.05, 0.1) is 6.42 Å². The Morgan fingerprint density at radius 1 is 0.784 bits per heavy atom. The van der Waals surface area contributed by atoms with Crippen LogP contribution in [0.4, 0.5) is 11.6 Å². The molecule has 0 saturated carbocycles. The lowest BCUT2D eigenvalue weighted by Gasteiger charge is -2.34. The first-order valence-electron chi connectivity index (χ1n) is 12.0. The zero-order valence-corrected chi connectivity index (χ0v) is 20.2. The number of para-hydroxylation sites is 1. The maximum Gasteiger partial charge on any atom is 0.261 e. The molecular weight excluding hydrogens is 468 g/mol. The Kier molecular flexibility index (Phi) is 7.31. The van der Waals surface area contributed by atoms with E-state index in [0.717, 1.165) is 5.56 Å². The summed E-state index contributed by atoms with van der Waals surface area (Å²) in [6.45, 7) is 2.66. The predicted molar refractivity (Wildman–Crippen MR) is 140 cm³/mol. The number of carbonyl (C=O) groups excluding carboxylic acids is 2. The quantitative estimate of drug-likeness (QED) is 0.417. The molecule has 3 heterocycles. The topological polar surface area (TPSA) is 101 Å². The fourth-order valence-corrected chi connectivity index (χ4v) is 4.05. The van der Waals surface area contributed by atoms with Crippen molar-refractivity contribution >= 4 is 23.5 Å². The molecule has 4 aromatic rings. The maximum absolute atomic E-state index is 12.9. The van der Waals surface area contributed by atoms with Gasteiger partial charge in [0.15, 0.2) is 0 Å². The summed E-state index contributed by atoms with van der Waals surface area (Å²) in [5, 5.41) is 2.88. The van der Waals surface area contributed by atoms with Crippen molar-refractivity contribution in [3.8, 4) is 11.6 Å². The number of amides is 2. The second-order valence-electron chi connectivity index (χ2n) is 8.52.